The highest BCUT2D eigenvalue weighted by molar-refractivity contribution is 5.75. The van der Waals surface area contributed by atoms with Crippen LogP contribution in [0.1, 0.15) is 18.6 Å². The molecule has 0 radical (unpaired) electrons. The molecule has 110 valence electrons. The molecule has 0 amide bonds. The smallest absolute Gasteiger partial charge is 0.317 e. The number of para-hydroxylation sites is 1. The summed E-state index contributed by atoms with van der Waals surface area (Å²) in [4.78, 5) is 12.0. The number of carbonyl (C=O) groups is 1. The minimum absolute atomic E-state index is 0.468. The van der Waals surface area contributed by atoms with E-state index < -0.39 is 18.0 Å². The Morgan fingerprint density at radius 1 is 1.00 bits per heavy atom. The Kier molecular flexibility index (Phi) is 4.95. The van der Waals surface area contributed by atoms with E-state index >= 15 is 0 Å². The zero-order valence-electron chi connectivity index (χ0n) is 12.0. The third-order valence-corrected chi connectivity index (χ3v) is 3.26. The van der Waals surface area contributed by atoms with Crippen molar-refractivity contribution in [2.24, 2.45) is 5.92 Å². The summed E-state index contributed by atoms with van der Waals surface area (Å²) in [6.45, 7) is 1.64. The van der Waals surface area contributed by atoms with Crippen LogP contribution in [0.25, 0.3) is 0 Å². The number of ether oxygens (including phenoxy) is 2. The summed E-state index contributed by atoms with van der Waals surface area (Å²) in [7, 11) is 1.57. The van der Waals surface area contributed by atoms with Gasteiger partial charge < -0.3 is 14.6 Å². The van der Waals surface area contributed by atoms with Crippen LogP contribution in [0.3, 0.4) is 0 Å². The molecule has 0 unspecified atom stereocenters. The lowest BCUT2D eigenvalue weighted by atomic mass is 9.97. The van der Waals surface area contributed by atoms with Crippen LogP contribution in [-0.4, -0.2) is 18.2 Å². The van der Waals surface area contributed by atoms with Gasteiger partial charge in [0.05, 0.1) is 19.1 Å². The van der Waals surface area contributed by atoms with Crippen molar-refractivity contribution in [3.8, 4) is 11.5 Å². The molecule has 0 bridgehead atoms. The van der Waals surface area contributed by atoms with E-state index in [1.165, 1.54) is 0 Å². The number of hydrogen-bond donors (Lipinski definition) is 1. The summed E-state index contributed by atoms with van der Waals surface area (Å²) in [5.74, 6) is 0.0323. The average molecular weight is 286 g/mol. The third-order valence-electron chi connectivity index (χ3n) is 3.26. The van der Waals surface area contributed by atoms with E-state index in [4.69, 9.17) is 9.47 Å². The topological polar surface area (TPSA) is 55.8 Å². The van der Waals surface area contributed by atoms with Crippen molar-refractivity contribution in [1.82, 2.24) is 0 Å². The maximum Gasteiger partial charge on any atom is 0.317 e. The normalized spacial score (nSPS) is 13.3. The van der Waals surface area contributed by atoms with Gasteiger partial charge in [-0.15, -0.1) is 0 Å². The van der Waals surface area contributed by atoms with Crippen molar-refractivity contribution >= 4 is 5.97 Å². The fourth-order valence-corrected chi connectivity index (χ4v) is 1.92. The molecule has 0 aromatic heterocycles. The molecule has 0 saturated carbocycles. The number of rotatable bonds is 5. The third kappa shape index (κ3) is 3.83. The molecule has 2 aromatic rings. The Morgan fingerprint density at radius 2 is 1.62 bits per heavy atom. The molecule has 0 fully saturated rings. The van der Waals surface area contributed by atoms with Gasteiger partial charge in [-0.2, -0.15) is 0 Å². The van der Waals surface area contributed by atoms with Gasteiger partial charge >= 0.3 is 5.97 Å². The molecule has 21 heavy (non-hydrogen) atoms. The Bertz CT molecular complexity index is 577. The molecule has 0 spiro atoms. The van der Waals surface area contributed by atoms with Crippen LogP contribution in [0.15, 0.2) is 54.6 Å². The SMILES string of the molecule is COc1ccc([C@H](O)[C@@H](C)C(=O)Oc2ccccc2)cc1. The molecular formula is C17H18O4. The predicted octanol–water partition coefficient (Wildman–Crippen LogP) is 2.97. The number of hydrogen-bond acceptors (Lipinski definition) is 4. The van der Waals surface area contributed by atoms with E-state index in [0.717, 1.165) is 0 Å². The molecule has 0 aliphatic heterocycles. The van der Waals surface area contributed by atoms with Crippen LogP contribution in [0.5, 0.6) is 11.5 Å². The van der Waals surface area contributed by atoms with E-state index in [1.807, 2.05) is 6.07 Å². The molecule has 2 aromatic carbocycles. The van der Waals surface area contributed by atoms with Crippen LogP contribution < -0.4 is 9.47 Å². The number of aliphatic hydroxyl groups excluding tert-OH is 1. The zero-order chi connectivity index (χ0) is 15.2. The highest BCUT2D eigenvalue weighted by Crippen LogP contribution is 2.25. The van der Waals surface area contributed by atoms with Crippen molar-refractivity contribution in [2.45, 2.75) is 13.0 Å². The molecule has 2 rings (SSSR count). The number of carbonyl (C=O) groups excluding carboxylic acids is 1. The van der Waals surface area contributed by atoms with Gasteiger partial charge in [-0.25, -0.2) is 0 Å². The second-order valence-corrected chi connectivity index (χ2v) is 4.74. The minimum Gasteiger partial charge on any atom is -0.497 e. The van der Waals surface area contributed by atoms with E-state index in [-0.39, 0.29) is 0 Å². The van der Waals surface area contributed by atoms with Crippen molar-refractivity contribution in [3.63, 3.8) is 0 Å². The van der Waals surface area contributed by atoms with Gasteiger partial charge in [-0.05, 0) is 36.8 Å². The Morgan fingerprint density at radius 3 is 2.19 bits per heavy atom. The number of benzene rings is 2. The van der Waals surface area contributed by atoms with Gasteiger partial charge in [-0.3, -0.25) is 4.79 Å². The van der Waals surface area contributed by atoms with E-state index in [2.05, 4.69) is 0 Å². The minimum atomic E-state index is -0.924. The molecular weight excluding hydrogens is 268 g/mol. The van der Waals surface area contributed by atoms with Gasteiger partial charge in [0.2, 0.25) is 0 Å². The van der Waals surface area contributed by atoms with Crippen LogP contribution in [0.4, 0.5) is 0 Å². The first-order valence-electron chi connectivity index (χ1n) is 6.70. The zero-order valence-corrected chi connectivity index (χ0v) is 12.0. The molecule has 4 nitrogen and oxygen atoms in total. The quantitative estimate of drug-likeness (QED) is 0.678. The lowest BCUT2D eigenvalue weighted by molar-refractivity contribution is -0.142. The van der Waals surface area contributed by atoms with Gasteiger partial charge in [0.25, 0.3) is 0 Å². The monoisotopic (exact) mass is 286 g/mol. The van der Waals surface area contributed by atoms with E-state index in [0.29, 0.717) is 17.1 Å². The second kappa shape index (κ2) is 6.90. The van der Waals surface area contributed by atoms with Crippen LogP contribution in [0.2, 0.25) is 0 Å². The van der Waals surface area contributed by atoms with Crippen molar-refractivity contribution < 1.29 is 19.4 Å². The molecule has 1 N–H and O–H groups in total. The lowest BCUT2D eigenvalue weighted by Gasteiger charge is -2.18. The first-order valence-corrected chi connectivity index (χ1v) is 6.70. The summed E-state index contributed by atoms with van der Waals surface area (Å²) in [6, 6.07) is 15.8. The highest BCUT2D eigenvalue weighted by Gasteiger charge is 2.25. The number of aliphatic hydroxyl groups is 1. The molecule has 0 saturated heterocycles. The largest absolute Gasteiger partial charge is 0.497 e. The van der Waals surface area contributed by atoms with Gasteiger partial charge in [0.15, 0.2) is 0 Å². The molecule has 0 heterocycles. The van der Waals surface area contributed by atoms with Crippen molar-refractivity contribution in [1.29, 1.82) is 0 Å². The summed E-state index contributed by atoms with van der Waals surface area (Å²) in [6.07, 6.45) is -0.924. The molecule has 0 aliphatic rings. The maximum atomic E-state index is 12.0. The molecule has 4 heteroatoms. The van der Waals surface area contributed by atoms with Crippen molar-refractivity contribution in [3.05, 3.63) is 60.2 Å². The fraction of sp³-hybridized carbons (Fsp3) is 0.235. The lowest BCUT2D eigenvalue weighted by Crippen LogP contribution is -2.24. The van der Waals surface area contributed by atoms with Crippen LogP contribution in [0, 0.1) is 5.92 Å². The number of methoxy groups -OCH3 is 1. The fourth-order valence-electron chi connectivity index (χ4n) is 1.92. The Labute approximate surface area is 123 Å². The second-order valence-electron chi connectivity index (χ2n) is 4.74. The summed E-state index contributed by atoms with van der Waals surface area (Å²) < 4.78 is 10.3. The van der Waals surface area contributed by atoms with Gasteiger partial charge in [0.1, 0.15) is 11.5 Å². The van der Waals surface area contributed by atoms with Gasteiger partial charge in [-0.1, -0.05) is 30.3 Å². The highest BCUT2D eigenvalue weighted by atomic mass is 16.5. The van der Waals surface area contributed by atoms with Crippen LogP contribution in [-0.2, 0) is 4.79 Å². The Hall–Kier alpha value is -2.33. The van der Waals surface area contributed by atoms with E-state index in [1.54, 1.807) is 62.6 Å². The molecule has 0 aliphatic carbocycles. The van der Waals surface area contributed by atoms with Crippen LogP contribution >= 0.6 is 0 Å². The maximum absolute atomic E-state index is 12.0. The first kappa shape index (κ1) is 15.1. The van der Waals surface area contributed by atoms with E-state index in [9.17, 15) is 9.90 Å². The molecule has 2 atom stereocenters. The predicted molar refractivity (Wildman–Crippen MR) is 79.2 cm³/mol. The summed E-state index contributed by atoms with van der Waals surface area (Å²) in [5, 5.41) is 10.3. The standard InChI is InChI=1S/C17H18O4/c1-12(17(19)21-15-6-4-3-5-7-15)16(18)13-8-10-14(20-2)11-9-13/h3-12,16,18H,1-2H3/t12-,16-/m1/s1. The van der Waals surface area contributed by atoms with Gasteiger partial charge in [0, 0.05) is 0 Å². The summed E-state index contributed by atoms with van der Waals surface area (Å²) in [5.41, 5.74) is 0.647. The Balaban J connectivity index is 2.03. The number of esters is 1. The average Bonchev–Trinajstić information content (AvgIpc) is 2.54. The summed E-state index contributed by atoms with van der Waals surface area (Å²) >= 11 is 0. The van der Waals surface area contributed by atoms with Crippen molar-refractivity contribution in [2.75, 3.05) is 7.11 Å². The first-order chi connectivity index (χ1) is 10.1.